The van der Waals surface area contributed by atoms with Crippen molar-refractivity contribution in [2.75, 3.05) is 39.3 Å². The van der Waals surface area contributed by atoms with E-state index in [0.29, 0.717) is 17.9 Å². The molecule has 0 spiro atoms. The van der Waals surface area contributed by atoms with Crippen LogP contribution in [-0.2, 0) is 4.74 Å². The predicted octanol–water partition coefficient (Wildman–Crippen LogP) is 2.63. The number of hydrogen-bond donors (Lipinski definition) is 0. The van der Waals surface area contributed by atoms with Crippen LogP contribution >= 0.6 is 11.3 Å². The summed E-state index contributed by atoms with van der Waals surface area (Å²) < 4.78 is 6.13. The number of rotatable bonds is 3. The van der Waals surface area contributed by atoms with E-state index in [-0.39, 0.29) is 5.91 Å². The van der Waals surface area contributed by atoms with E-state index < -0.39 is 0 Å². The van der Waals surface area contributed by atoms with Crippen molar-refractivity contribution in [1.82, 2.24) is 9.80 Å². The first-order chi connectivity index (χ1) is 11.2. The molecule has 3 fully saturated rings. The van der Waals surface area contributed by atoms with Gasteiger partial charge in [-0.3, -0.25) is 4.79 Å². The molecule has 4 rings (SSSR count). The second-order valence-electron chi connectivity index (χ2n) is 7.28. The van der Waals surface area contributed by atoms with Crippen molar-refractivity contribution in [2.24, 2.45) is 11.8 Å². The Labute approximate surface area is 142 Å². The van der Waals surface area contributed by atoms with E-state index in [1.165, 1.54) is 25.9 Å². The van der Waals surface area contributed by atoms with Gasteiger partial charge in [-0.1, -0.05) is 0 Å². The summed E-state index contributed by atoms with van der Waals surface area (Å²) in [5.41, 5.74) is 1.11. The van der Waals surface area contributed by atoms with Crippen molar-refractivity contribution in [2.45, 2.75) is 32.3 Å². The minimum atomic E-state index is 0.225. The van der Waals surface area contributed by atoms with E-state index in [0.717, 1.165) is 43.1 Å². The molecule has 5 heteroatoms. The Hall–Kier alpha value is -0.910. The lowest BCUT2D eigenvalue weighted by atomic mass is 9.84. The molecule has 1 amide bonds. The topological polar surface area (TPSA) is 32.8 Å². The van der Waals surface area contributed by atoms with Crippen LogP contribution in [0.25, 0.3) is 0 Å². The third-order valence-electron chi connectivity index (χ3n) is 5.79. The fraction of sp³-hybridized carbons (Fsp3) is 0.722. The summed E-state index contributed by atoms with van der Waals surface area (Å²) >= 11 is 1.57. The van der Waals surface area contributed by atoms with Gasteiger partial charge >= 0.3 is 0 Å². The number of amides is 1. The number of piperidine rings is 1. The monoisotopic (exact) mass is 334 g/mol. The number of ether oxygens (including phenoxy) is 1. The lowest BCUT2D eigenvalue weighted by Crippen LogP contribution is -2.47. The van der Waals surface area contributed by atoms with Crippen LogP contribution in [0.15, 0.2) is 11.4 Å². The molecule has 0 unspecified atom stereocenters. The van der Waals surface area contributed by atoms with E-state index >= 15 is 0 Å². The van der Waals surface area contributed by atoms with Crippen LogP contribution in [0.1, 0.15) is 34.5 Å². The SMILES string of the molecule is Cc1ccsc1C(=O)N1CC[C@H]2CO[C@H](CN3CCCC3)[C@H]2C1. The molecule has 0 radical (unpaired) electrons. The Morgan fingerprint density at radius 3 is 2.91 bits per heavy atom. The highest BCUT2D eigenvalue weighted by atomic mass is 32.1. The first-order valence-electron chi connectivity index (χ1n) is 8.89. The molecule has 1 aromatic rings. The molecule has 0 bridgehead atoms. The highest BCUT2D eigenvalue weighted by Crippen LogP contribution is 2.36. The molecule has 3 aliphatic rings. The molecule has 3 aliphatic heterocycles. The number of carbonyl (C=O) groups is 1. The Morgan fingerprint density at radius 1 is 1.35 bits per heavy atom. The highest BCUT2D eigenvalue weighted by Gasteiger charge is 2.42. The van der Waals surface area contributed by atoms with Gasteiger partial charge in [0.15, 0.2) is 0 Å². The van der Waals surface area contributed by atoms with E-state index in [1.54, 1.807) is 11.3 Å². The van der Waals surface area contributed by atoms with Crippen molar-refractivity contribution in [3.8, 4) is 0 Å². The van der Waals surface area contributed by atoms with Crippen LogP contribution < -0.4 is 0 Å². The van der Waals surface area contributed by atoms with Crippen LogP contribution in [0.3, 0.4) is 0 Å². The second-order valence-corrected chi connectivity index (χ2v) is 8.19. The Balaban J connectivity index is 1.43. The summed E-state index contributed by atoms with van der Waals surface area (Å²) in [5, 5.41) is 2.02. The maximum atomic E-state index is 12.8. The number of fused-ring (bicyclic) bond motifs is 1. The molecule has 4 heterocycles. The van der Waals surface area contributed by atoms with Gasteiger partial charge in [-0.15, -0.1) is 11.3 Å². The number of likely N-dealkylation sites (tertiary alicyclic amines) is 2. The third-order valence-corrected chi connectivity index (χ3v) is 6.79. The Kier molecular flexibility index (Phi) is 4.43. The summed E-state index contributed by atoms with van der Waals surface area (Å²) in [7, 11) is 0. The molecular weight excluding hydrogens is 308 g/mol. The number of aryl methyl sites for hydroxylation is 1. The van der Waals surface area contributed by atoms with E-state index in [9.17, 15) is 4.79 Å². The summed E-state index contributed by atoms with van der Waals surface area (Å²) in [6, 6.07) is 2.04. The molecule has 0 aliphatic carbocycles. The van der Waals surface area contributed by atoms with Gasteiger partial charge in [0, 0.05) is 25.6 Å². The quantitative estimate of drug-likeness (QED) is 0.852. The zero-order chi connectivity index (χ0) is 15.8. The minimum Gasteiger partial charge on any atom is -0.376 e. The largest absolute Gasteiger partial charge is 0.376 e. The van der Waals surface area contributed by atoms with Gasteiger partial charge in [0.05, 0.1) is 17.6 Å². The molecule has 1 aromatic heterocycles. The average molecular weight is 334 g/mol. The third kappa shape index (κ3) is 3.06. The van der Waals surface area contributed by atoms with Crippen molar-refractivity contribution in [3.63, 3.8) is 0 Å². The summed E-state index contributed by atoms with van der Waals surface area (Å²) in [5.74, 6) is 1.40. The lowest BCUT2D eigenvalue weighted by Gasteiger charge is -2.36. The van der Waals surface area contributed by atoms with Crippen molar-refractivity contribution in [3.05, 3.63) is 21.9 Å². The van der Waals surface area contributed by atoms with E-state index in [1.807, 2.05) is 18.4 Å². The maximum Gasteiger partial charge on any atom is 0.264 e. The zero-order valence-electron chi connectivity index (χ0n) is 13.9. The molecule has 23 heavy (non-hydrogen) atoms. The second kappa shape index (κ2) is 6.54. The first kappa shape index (κ1) is 15.6. The van der Waals surface area contributed by atoms with Gasteiger partial charge in [0.2, 0.25) is 0 Å². The zero-order valence-corrected chi connectivity index (χ0v) is 14.7. The van der Waals surface area contributed by atoms with Gasteiger partial charge < -0.3 is 14.5 Å². The number of nitrogens with zero attached hydrogens (tertiary/aromatic N) is 2. The normalized spacial score (nSPS) is 31.5. The van der Waals surface area contributed by atoms with E-state index in [2.05, 4.69) is 9.80 Å². The lowest BCUT2D eigenvalue weighted by molar-refractivity contribution is 0.0438. The molecule has 0 aromatic carbocycles. The van der Waals surface area contributed by atoms with Crippen LogP contribution in [0.2, 0.25) is 0 Å². The smallest absolute Gasteiger partial charge is 0.264 e. The average Bonchev–Trinajstić information content (AvgIpc) is 3.29. The van der Waals surface area contributed by atoms with Crippen molar-refractivity contribution >= 4 is 17.2 Å². The van der Waals surface area contributed by atoms with Crippen LogP contribution in [0.5, 0.6) is 0 Å². The molecule has 0 saturated carbocycles. The molecule has 3 atom stereocenters. The number of hydrogen-bond acceptors (Lipinski definition) is 4. The van der Waals surface area contributed by atoms with Gasteiger partial charge in [0.1, 0.15) is 0 Å². The maximum absolute atomic E-state index is 12.8. The van der Waals surface area contributed by atoms with Crippen LogP contribution in [0, 0.1) is 18.8 Å². The standard InChI is InChI=1S/C18H26N2O2S/c1-13-5-9-23-17(13)18(21)20-8-4-14-12-22-16(15(14)10-20)11-19-6-2-3-7-19/h5,9,14-16H,2-4,6-8,10-12H2,1H3/t14-,15-,16+/m0/s1. The summed E-state index contributed by atoms with van der Waals surface area (Å²) in [6.45, 7) is 8.18. The fourth-order valence-electron chi connectivity index (χ4n) is 4.36. The van der Waals surface area contributed by atoms with Crippen LogP contribution in [0.4, 0.5) is 0 Å². The first-order valence-corrected chi connectivity index (χ1v) is 9.77. The molecular formula is C18H26N2O2S. The number of carbonyl (C=O) groups excluding carboxylic acids is 1. The van der Waals surface area contributed by atoms with Crippen molar-refractivity contribution < 1.29 is 9.53 Å². The number of thiophene rings is 1. The minimum absolute atomic E-state index is 0.225. The van der Waals surface area contributed by atoms with Gasteiger partial charge in [-0.05, 0) is 62.2 Å². The fourth-order valence-corrected chi connectivity index (χ4v) is 5.25. The summed E-state index contributed by atoms with van der Waals surface area (Å²) in [4.78, 5) is 18.3. The molecule has 126 valence electrons. The molecule has 0 N–H and O–H groups in total. The highest BCUT2D eigenvalue weighted by molar-refractivity contribution is 7.12. The molecule has 3 saturated heterocycles. The van der Waals surface area contributed by atoms with Crippen LogP contribution in [-0.4, -0.2) is 61.1 Å². The Bertz CT molecular complexity index is 567. The van der Waals surface area contributed by atoms with Gasteiger partial charge in [-0.25, -0.2) is 0 Å². The van der Waals surface area contributed by atoms with Gasteiger partial charge in [0.25, 0.3) is 5.91 Å². The summed E-state index contributed by atoms with van der Waals surface area (Å²) in [6.07, 6.45) is 4.06. The van der Waals surface area contributed by atoms with E-state index in [4.69, 9.17) is 4.74 Å². The van der Waals surface area contributed by atoms with Crippen molar-refractivity contribution in [1.29, 1.82) is 0 Å². The predicted molar refractivity (Wildman–Crippen MR) is 92.0 cm³/mol. The molecule has 4 nitrogen and oxygen atoms in total. The van der Waals surface area contributed by atoms with Gasteiger partial charge in [-0.2, -0.15) is 0 Å². The Morgan fingerprint density at radius 2 is 2.17 bits per heavy atom.